The van der Waals surface area contributed by atoms with E-state index in [9.17, 15) is 9.18 Å². The molecule has 1 aromatic carbocycles. The fourth-order valence-electron chi connectivity index (χ4n) is 2.99. The fourth-order valence-corrected chi connectivity index (χ4v) is 5.24. The quantitative estimate of drug-likeness (QED) is 0.399. The molecule has 5 nitrogen and oxygen atoms in total. The van der Waals surface area contributed by atoms with Crippen molar-refractivity contribution >= 4 is 44.9 Å². The number of carbonyl (C=O) groups is 1. The molecule has 0 unspecified atom stereocenters. The van der Waals surface area contributed by atoms with Crippen LogP contribution < -0.4 is 4.90 Å². The summed E-state index contributed by atoms with van der Waals surface area (Å²) < 4.78 is 13.3. The molecule has 0 bridgehead atoms. The topological polar surface area (TPSA) is 69.9 Å². The van der Waals surface area contributed by atoms with Gasteiger partial charge in [0.1, 0.15) is 21.5 Å². The third-order valence-electron chi connectivity index (χ3n) is 4.60. The lowest BCUT2D eigenvalue weighted by molar-refractivity contribution is -0.117. The second kappa shape index (κ2) is 8.89. The molecule has 3 aromatic rings. The maximum absolute atomic E-state index is 13.3. The number of hydrogen-bond acceptors (Lipinski definition) is 6. The lowest BCUT2D eigenvalue weighted by atomic mass is 10.2. The highest BCUT2D eigenvalue weighted by Gasteiger charge is 2.25. The second-order valence-corrected chi connectivity index (χ2v) is 9.21. The molecular formula is C21H21FN4OS2. The number of carbonyl (C=O) groups excluding carboxylic acids is 1. The van der Waals surface area contributed by atoms with Gasteiger partial charge in [0, 0.05) is 22.5 Å². The average Bonchev–Trinajstić information content (AvgIpc) is 2.96. The molecule has 29 heavy (non-hydrogen) atoms. The molecular weight excluding hydrogens is 407 g/mol. The van der Waals surface area contributed by atoms with Crippen LogP contribution in [0.3, 0.4) is 0 Å². The van der Waals surface area contributed by atoms with E-state index in [1.807, 2.05) is 20.8 Å². The van der Waals surface area contributed by atoms with Gasteiger partial charge in [0.15, 0.2) is 0 Å². The van der Waals surface area contributed by atoms with Crippen molar-refractivity contribution in [3.8, 4) is 6.07 Å². The Morgan fingerprint density at radius 1 is 1.28 bits per heavy atom. The van der Waals surface area contributed by atoms with Crippen molar-refractivity contribution in [1.82, 2.24) is 9.97 Å². The number of aromatic nitrogens is 2. The minimum Gasteiger partial charge on any atom is -0.310 e. The number of nitrogens with zero attached hydrogens (tertiary/aromatic N) is 4. The molecule has 0 radical (unpaired) electrons. The first kappa shape index (κ1) is 21.2. The van der Waals surface area contributed by atoms with Crippen LogP contribution in [-0.2, 0) is 4.79 Å². The number of fused-ring (bicyclic) bond motifs is 1. The molecule has 0 aliphatic heterocycles. The fraction of sp³-hybridized carbons (Fsp3) is 0.333. The Morgan fingerprint density at radius 2 is 1.97 bits per heavy atom. The molecule has 0 N–H and O–H groups in total. The van der Waals surface area contributed by atoms with Gasteiger partial charge in [-0.25, -0.2) is 14.4 Å². The van der Waals surface area contributed by atoms with E-state index in [1.165, 1.54) is 33.7 Å². The zero-order valence-electron chi connectivity index (χ0n) is 16.7. The van der Waals surface area contributed by atoms with Gasteiger partial charge in [0.25, 0.3) is 0 Å². The SMILES string of the molecule is Cc1nc(S[C@H](C)C(=O)N(CCC#N)c2ccc(F)cc2)c2c(C)c(C)sc2n1. The molecule has 150 valence electrons. The molecule has 0 saturated carbocycles. The monoisotopic (exact) mass is 428 g/mol. The molecule has 0 fully saturated rings. The van der Waals surface area contributed by atoms with Crippen LogP contribution in [0.15, 0.2) is 29.3 Å². The number of rotatable bonds is 6. The summed E-state index contributed by atoms with van der Waals surface area (Å²) in [6.45, 7) is 8.02. The summed E-state index contributed by atoms with van der Waals surface area (Å²) in [6, 6.07) is 7.81. The smallest absolute Gasteiger partial charge is 0.240 e. The zero-order valence-corrected chi connectivity index (χ0v) is 18.3. The molecule has 0 aliphatic carbocycles. The van der Waals surface area contributed by atoms with E-state index in [2.05, 4.69) is 23.0 Å². The van der Waals surface area contributed by atoms with E-state index in [-0.39, 0.29) is 24.7 Å². The highest BCUT2D eigenvalue weighted by molar-refractivity contribution is 8.00. The molecule has 0 aliphatic rings. The van der Waals surface area contributed by atoms with Crippen molar-refractivity contribution in [3.05, 3.63) is 46.3 Å². The lowest BCUT2D eigenvalue weighted by Gasteiger charge is -2.25. The first-order valence-corrected chi connectivity index (χ1v) is 10.9. The van der Waals surface area contributed by atoms with E-state index in [1.54, 1.807) is 23.5 Å². The predicted octanol–water partition coefficient (Wildman–Crippen LogP) is 5.18. The Morgan fingerprint density at radius 3 is 2.62 bits per heavy atom. The van der Waals surface area contributed by atoms with Crippen LogP contribution >= 0.6 is 23.1 Å². The van der Waals surface area contributed by atoms with Gasteiger partial charge in [-0.1, -0.05) is 11.8 Å². The van der Waals surface area contributed by atoms with Crippen LogP contribution in [0.4, 0.5) is 10.1 Å². The van der Waals surface area contributed by atoms with E-state index in [0.717, 1.165) is 20.8 Å². The maximum atomic E-state index is 13.3. The van der Waals surface area contributed by atoms with E-state index in [4.69, 9.17) is 5.26 Å². The number of hydrogen-bond donors (Lipinski definition) is 0. The molecule has 3 rings (SSSR count). The number of aryl methyl sites for hydroxylation is 3. The van der Waals surface area contributed by atoms with Gasteiger partial charge in [-0.15, -0.1) is 11.3 Å². The number of thiophene rings is 1. The van der Waals surface area contributed by atoms with E-state index < -0.39 is 5.25 Å². The van der Waals surface area contributed by atoms with Crippen molar-refractivity contribution in [1.29, 1.82) is 5.26 Å². The van der Waals surface area contributed by atoms with Crippen molar-refractivity contribution in [2.24, 2.45) is 0 Å². The molecule has 2 aromatic heterocycles. The Bertz CT molecular complexity index is 1090. The predicted molar refractivity (Wildman–Crippen MR) is 116 cm³/mol. The van der Waals surface area contributed by atoms with Gasteiger partial charge in [-0.3, -0.25) is 4.79 Å². The lowest BCUT2D eigenvalue weighted by Crippen LogP contribution is -2.37. The second-order valence-electron chi connectivity index (χ2n) is 6.67. The largest absolute Gasteiger partial charge is 0.310 e. The molecule has 0 spiro atoms. The Labute approximate surface area is 177 Å². The van der Waals surface area contributed by atoms with Crippen molar-refractivity contribution in [3.63, 3.8) is 0 Å². The van der Waals surface area contributed by atoms with Gasteiger partial charge >= 0.3 is 0 Å². The summed E-state index contributed by atoms with van der Waals surface area (Å²) in [7, 11) is 0. The van der Waals surface area contributed by atoms with E-state index in [0.29, 0.717) is 11.5 Å². The summed E-state index contributed by atoms with van der Waals surface area (Å²) in [5.41, 5.74) is 1.71. The van der Waals surface area contributed by atoms with Gasteiger partial charge in [-0.2, -0.15) is 5.26 Å². The highest BCUT2D eigenvalue weighted by atomic mass is 32.2. The summed E-state index contributed by atoms with van der Waals surface area (Å²) in [5, 5.41) is 10.3. The number of thioether (sulfide) groups is 1. The minimum absolute atomic E-state index is 0.147. The molecule has 1 amide bonds. The van der Waals surface area contributed by atoms with Gasteiger partial charge in [0.2, 0.25) is 5.91 Å². The van der Waals surface area contributed by atoms with Crippen molar-refractivity contribution < 1.29 is 9.18 Å². The standard InChI is InChI=1S/C21H21FN4OS2/c1-12-13(2)28-19-18(12)20(25-15(4)24-19)29-14(3)21(27)26(11-5-10-23)17-8-6-16(22)7-9-17/h6-9,14H,5,11H2,1-4H3/t14-/m1/s1. The van der Waals surface area contributed by atoms with Crippen LogP contribution in [0, 0.1) is 37.9 Å². The van der Waals surface area contributed by atoms with Crippen LogP contribution in [0.1, 0.15) is 29.6 Å². The van der Waals surface area contributed by atoms with Crippen molar-refractivity contribution in [2.45, 2.75) is 44.4 Å². The Kier molecular flexibility index (Phi) is 6.50. The summed E-state index contributed by atoms with van der Waals surface area (Å²) in [6.07, 6.45) is 0.195. The van der Waals surface area contributed by atoms with Crippen LogP contribution in [-0.4, -0.2) is 27.7 Å². The van der Waals surface area contributed by atoms with Gasteiger partial charge < -0.3 is 4.90 Å². The summed E-state index contributed by atoms with van der Waals surface area (Å²) >= 11 is 3.02. The van der Waals surface area contributed by atoms with E-state index >= 15 is 0 Å². The number of halogens is 1. The summed E-state index contributed by atoms with van der Waals surface area (Å²) in [5.74, 6) is 0.151. The number of nitriles is 1. The summed E-state index contributed by atoms with van der Waals surface area (Å²) in [4.78, 5) is 26.0. The number of amides is 1. The van der Waals surface area contributed by atoms with Gasteiger partial charge in [-0.05, 0) is 57.5 Å². The first-order valence-electron chi connectivity index (χ1n) is 9.16. The van der Waals surface area contributed by atoms with Gasteiger partial charge in [0.05, 0.1) is 17.7 Å². The molecule has 1 atom stereocenters. The first-order chi connectivity index (χ1) is 13.8. The normalized spacial score (nSPS) is 12.0. The third-order valence-corrected chi connectivity index (χ3v) is 6.77. The van der Waals surface area contributed by atoms with Crippen LogP contribution in [0.25, 0.3) is 10.2 Å². The van der Waals surface area contributed by atoms with Crippen LogP contribution in [0.2, 0.25) is 0 Å². The maximum Gasteiger partial charge on any atom is 0.240 e. The third kappa shape index (κ3) is 4.57. The number of benzene rings is 1. The highest BCUT2D eigenvalue weighted by Crippen LogP contribution is 2.37. The Balaban J connectivity index is 1.91. The van der Waals surface area contributed by atoms with Crippen molar-refractivity contribution in [2.75, 3.05) is 11.4 Å². The molecule has 8 heteroatoms. The Hall–Kier alpha value is -2.50. The molecule has 0 saturated heterocycles. The minimum atomic E-state index is -0.434. The zero-order chi connectivity index (χ0) is 21.1. The average molecular weight is 429 g/mol. The molecule has 2 heterocycles. The van der Waals surface area contributed by atoms with Crippen LogP contribution in [0.5, 0.6) is 0 Å². The number of anilines is 1.